The van der Waals surface area contributed by atoms with Gasteiger partial charge in [-0.15, -0.1) is 23.5 Å². The summed E-state index contributed by atoms with van der Waals surface area (Å²) in [5, 5.41) is 20.2. The van der Waals surface area contributed by atoms with Crippen LogP contribution in [0, 0.1) is 6.92 Å². The maximum atomic E-state index is 11.2. The summed E-state index contributed by atoms with van der Waals surface area (Å²) in [6.07, 6.45) is 0. The van der Waals surface area contributed by atoms with E-state index in [-0.39, 0.29) is 17.2 Å². The Bertz CT molecular complexity index is 635. The second-order valence-corrected chi connectivity index (χ2v) is 7.73. The second-order valence-electron chi connectivity index (χ2n) is 5.58. The van der Waals surface area contributed by atoms with Crippen molar-refractivity contribution in [3.05, 3.63) is 29.3 Å². The van der Waals surface area contributed by atoms with Crippen molar-refractivity contribution < 1.29 is 15.0 Å². The number of phenols is 1. The van der Waals surface area contributed by atoms with Gasteiger partial charge in [-0.2, -0.15) is 0 Å². The van der Waals surface area contributed by atoms with Crippen molar-refractivity contribution in [2.45, 2.75) is 24.4 Å². The monoisotopic (exact) mass is 338 g/mol. The van der Waals surface area contributed by atoms with Crippen LogP contribution < -0.4 is 0 Å². The lowest BCUT2D eigenvalue weighted by Gasteiger charge is -2.24. The van der Waals surface area contributed by atoms with E-state index in [2.05, 4.69) is 0 Å². The highest BCUT2D eigenvalue weighted by molar-refractivity contribution is 8.14. The smallest absolute Gasteiger partial charge is 0.321 e. The van der Waals surface area contributed by atoms with Gasteiger partial charge in [-0.3, -0.25) is 14.7 Å². The summed E-state index contributed by atoms with van der Waals surface area (Å²) in [6.45, 7) is 1.94. The van der Waals surface area contributed by atoms with Gasteiger partial charge in [-0.1, -0.05) is 6.07 Å². The van der Waals surface area contributed by atoms with Crippen molar-refractivity contribution in [3.63, 3.8) is 0 Å². The van der Waals surface area contributed by atoms with Crippen LogP contribution in [0.2, 0.25) is 0 Å². The number of thioether (sulfide) groups is 2. The number of hydrogen-bond donors (Lipinski definition) is 2. The highest BCUT2D eigenvalue weighted by Crippen LogP contribution is 2.37. The molecule has 2 N–H and O–H groups in total. The Morgan fingerprint density at radius 2 is 2.18 bits per heavy atom. The van der Waals surface area contributed by atoms with E-state index in [1.807, 2.05) is 31.0 Å². The molecule has 1 fully saturated rings. The number of carbonyl (C=O) groups is 1. The van der Waals surface area contributed by atoms with Crippen molar-refractivity contribution in [2.75, 3.05) is 18.6 Å². The molecule has 1 aromatic rings. The van der Waals surface area contributed by atoms with Gasteiger partial charge in [0.25, 0.3) is 0 Å². The first-order chi connectivity index (χ1) is 10.5. The highest BCUT2D eigenvalue weighted by atomic mass is 32.2. The van der Waals surface area contributed by atoms with Gasteiger partial charge in [0.2, 0.25) is 0 Å². The lowest BCUT2D eigenvalue weighted by atomic mass is 10.1. The Kier molecular flexibility index (Phi) is 4.38. The molecule has 2 aliphatic heterocycles. The zero-order valence-corrected chi connectivity index (χ0v) is 14.0. The van der Waals surface area contributed by atoms with Crippen LogP contribution in [-0.2, 0) is 4.79 Å². The molecule has 0 bridgehead atoms. The number of rotatable bonds is 3. The average Bonchev–Trinajstić information content (AvgIpc) is 3.05. The SMILES string of the molecule is Cc1ccc(C2=N[C@@H]([C@H]3SC[C@H](C(=O)O)N3C)CS2)c(O)c1. The standard InChI is InChI=1S/C15H18N2O3S2/c1-8-3-4-9(12(18)5-8)13-16-10(6-21-13)14-17(2)11(7-22-14)15(19)20/h3-5,10-11,14,18H,6-7H2,1-2H3,(H,19,20)/t10-,11-,14-/m1/s1. The Morgan fingerprint density at radius 3 is 2.82 bits per heavy atom. The van der Waals surface area contributed by atoms with Crippen LogP contribution in [0.15, 0.2) is 23.2 Å². The summed E-state index contributed by atoms with van der Waals surface area (Å²) in [7, 11) is 1.85. The average molecular weight is 338 g/mol. The minimum Gasteiger partial charge on any atom is -0.507 e. The number of benzene rings is 1. The van der Waals surface area contributed by atoms with Gasteiger partial charge in [-0.05, 0) is 31.7 Å². The Balaban J connectivity index is 1.79. The van der Waals surface area contributed by atoms with Crippen LogP contribution >= 0.6 is 23.5 Å². The van der Waals surface area contributed by atoms with E-state index in [1.54, 1.807) is 29.6 Å². The van der Waals surface area contributed by atoms with Gasteiger partial charge >= 0.3 is 5.97 Å². The van der Waals surface area contributed by atoms with E-state index >= 15 is 0 Å². The molecule has 7 heteroatoms. The highest BCUT2D eigenvalue weighted by Gasteiger charge is 2.41. The van der Waals surface area contributed by atoms with Crippen LogP contribution in [0.1, 0.15) is 11.1 Å². The van der Waals surface area contributed by atoms with Crippen LogP contribution in [0.25, 0.3) is 0 Å². The van der Waals surface area contributed by atoms with E-state index in [4.69, 9.17) is 4.99 Å². The predicted octanol–water partition coefficient (Wildman–Crippen LogP) is 2.02. The van der Waals surface area contributed by atoms with Gasteiger partial charge < -0.3 is 10.2 Å². The molecular weight excluding hydrogens is 320 g/mol. The van der Waals surface area contributed by atoms with Crippen LogP contribution in [-0.4, -0.2) is 62.1 Å². The molecule has 3 atom stereocenters. The number of aryl methyl sites for hydroxylation is 1. The zero-order chi connectivity index (χ0) is 15.9. The van der Waals surface area contributed by atoms with E-state index in [0.29, 0.717) is 5.75 Å². The molecule has 0 aliphatic carbocycles. The van der Waals surface area contributed by atoms with E-state index in [1.165, 1.54) is 0 Å². The molecule has 0 amide bonds. The molecule has 5 nitrogen and oxygen atoms in total. The summed E-state index contributed by atoms with van der Waals surface area (Å²) < 4.78 is 0. The number of phenolic OH excluding ortho intramolecular Hbond substituents is 1. The number of carboxylic acids is 1. The largest absolute Gasteiger partial charge is 0.507 e. The maximum absolute atomic E-state index is 11.2. The molecule has 0 radical (unpaired) electrons. The third kappa shape index (κ3) is 2.85. The molecule has 0 saturated carbocycles. The molecule has 0 aromatic heterocycles. The molecule has 1 aromatic carbocycles. The molecule has 118 valence electrons. The molecule has 2 aliphatic rings. The van der Waals surface area contributed by atoms with Crippen molar-refractivity contribution in [2.24, 2.45) is 4.99 Å². The van der Waals surface area contributed by atoms with Crippen molar-refractivity contribution in [3.8, 4) is 5.75 Å². The number of carboxylic acid groups (broad SMARTS) is 1. The zero-order valence-electron chi connectivity index (χ0n) is 12.4. The van der Waals surface area contributed by atoms with Crippen LogP contribution in [0.4, 0.5) is 0 Å². The topological polar surface area (TPSA) is 73.1 Å². The van der Waals surface area contributed by atoms with Crippen LogP contribution in [0.5, 0.6) is 5.75 Å². The first-order valence-electron chi connectivity index (χ1n) is 7.04. The van der Waals surface area contributed by atoms with Gasteiger partial charge in [0, 0.05) is 17.1 Å². The summed E-state index contributed by atoms with van der Waals surface area (Å²) in [6, 6.07) is 5.21. The first-order valence-corrected chi connectivity index (χ1v) is 9.07. The summed E-state index contributed by atoms with van der Waals surface area (Å²) in [5.74, 6) is 0.890. The van der Waals surface area contributed by atoms with Gasteiger partial charge in [-0.25, -0.2) is 0 Å². The lowest BCUT2D eigenvalue weighted by molar-refractivity contribution is -0.141. The minimum absolute atomic E-state index is 0.0556. The lowest BCUT2D eigenvalue weighted by Crippen LogP contribution is -2.42. The number of aromatic hydroxyl groups is 1. The van der Waals surface area contributed by atoms with Crippen molar-refractivity contribution in [1.82, 2.24) is 4.90 Å². The van der Waals surface area contributed by atoms with Crippen molar-refractivity contribution in [1.29, 1.82) is 0 Å². The fourth-order valence-electron chi connectivity index (χ4n) is 2.74. The van der Waals surface area contributed by atoms with Gasteiger partial charge in [0.15, 0.2) is 0 Å². The Morgan fingerprint density at radius 1 is 1.41 bits per heavy atom. The number of hydrogen-bond acceptors (Lipinski definition) is 6. The summed E-state index contributed by atoms with van der Waals surface area (Å²) in [4.78, 5) is 17.8. The summed E-state index contributed by atoms with van der Waals surface area (Å²) >= 11 is 3.27. The number of nitrogens with zero attached hydrogens (tertiary/aromatic N) is 2. The Labute approximate surface area is 137 Å². The molecule has 0 unspecified atom stereocenters. The Hall–Kier alpha value is -1.18. The van der Waals surface area contributed by atoms with Crippen molar-refractivity contribution >= 4 is 34.5 Å². The second kappa shape index (κ2) is 6.14. The van der Waals surface area contributed by atoms with E-state index < -0.39 is 12.0 Å². The fourth-order valence-corrected chi connectivity index (χ4v) is 5.50. The third-order valence-corrected chi connectivity index (χ3v) is 6.59. The first kappa shape index (κ1) is 15.7. The van der Waals surface area contributed by atoms with Gasteiger partial charge in [0.05, 0.1) is 11.4 Å². The molecular formula is C15H18N2O3S2. The molecule has 0 spiro atoms. The van der Waals surface area contributed by atoms with Crippen LogP contribution in [0.3, 0.4) is 0 Å². The van der Waals surface area contributed by atoms with E-state index in [9.17, 15) is 15.0 Å². The number of aliphatic carboxylic acids is 1. The van der Waals surface area contributed by atoms with Gasteiger partial charge in [0.1, 0.15) is 16.8 Å². The molecule has 22 heavy (non-hydrogen) atoms. The molecule has 1 saturated heterocycles. The third-order valence-electron chi connectivity index (χ3n) is 3.99. The number of aliphatic imine (C=N–C) groups is 1. The predicted molar refractivity (Wildman–Crippen MR) is 91.1 cm³/mol. The molecule has 2 heterocycles. The molecule has 3 rings (SSSR count). The summed E-state index contributed by atoms with van der Waals surface area (Å²) in [5.41, 5.74) is 1.77. The fraction of sp³-hybridized carbons (Fsp3) is 0.467. The normalized spacial score (nSPS) is 28.8. The number of likely N-dealkylation sites (N-methyl/N-ethyl adjacent to an activating group) is 1. The minimum atomic E-state index is -0.775. The van der Waals surface area contributed by atoms with E-state index in [0.717, 1.165) is 21.9 Å². The quantitative estimate of drug-likeness (QED) is 0.878. The maximum Gasteiger partial charge on any atom is 0.321 e.